The van der Waals surface area contributed by atoms with Crippen LogP contribution in [-0.4, -0.2) is 47.1 Å². The van der Waals surface area contributed by atoms with Crippen molar-refractivity contribution in [3.8, 4) is 0 Å². The van der Waals surface area contributed by atoms with E-state index in [0.717, 1.165) is 43.9 Å². The minimum atomic E-state index is -0.176. The van der Waals surface area contributed by atoms with Crippen molar-refractivity contribution in [3.63, 3.8) is 0 Å². The predicted octanol–water partition coefficient (Wildman–Crippen LogP) is 1.26. The molecule has 0 bridgehead atoms. The van der Waals surface area contributed by atoms with Gasteiger partial charge < -0.3 is 10.1 Å². The van der Waals surface area contributed by atoms with Crippen LogP contribution in [0.5, 0.6) is 0 Å². The number of nitrogens with one attached hydrogen (secondary N) is 1. The lowest BCUT2D eigenvalue weighted by Crippen LogP contribution is -2.62. The van der Waals surface area contributed by atoms with Crippen LogP contribution in [-0.2, 0) is 16.1 Å². The van der Waals surface area contributed by atoms with Crippen LogP contribution >= 0.6 is 0 Å². The minimum Gasteiger partial charge on any atom is -0.363 e. The van der Waals surface area contributed by atoms with Crippen LogP contribution in [0.1, 0.15) is 31.2 Å². The molecular weight excluding hydrogens is 266 g/mol. The Bertz CT molecular complexity index is 524. The van der Waals surface area contributed by atoms with Gasteiger partial charge >= 0.3 is 0 Å². The molecule has 2 aliphatic rings. The molecule has 1 N–H and O–H groups in total. The topological polar surface area (TPSA) is 54.5 Å². The second kappa shape index (κ2) is 5.73. The maximum Gasteiger partial charge on any atom is 0.246 e. The third-order valence-electron chi connectivity index (χ3n) is 4.69. The molecule has 3 rings (SSSR count). The molecule has 2 saturated heterocycles. The first-order chi connectivity index (χ1) is 10.1. The van der Waals surface area contributed by atoms with E-state index in [2.05, 4.69) is 34.3 Å². The van der Waals surface area contributed by atoms with E-state index in [9.17, 15) is 4.79 Å². The molecule has 2 aliphatic heterocycles. The van der Waals surface area contributed by atoms with E-state index in [-0.39, 0.29) is 24.2 Å². The fourth-order valence-corrected chi connectivity index (χ4v) is 3.33. The molecule has 0 aromatic carbocycles. The molecule has 1 amide bonds. The molecule has 1 aromatic heterocycles. The Hall–Kier alpha value is -1.46. The Morgan fingerprint density at radius 2 is 2.19 bits per heavy atom. The second-order valence-electron chi connectivity index (χ2n) is 6.19. The summed E-state index contributed by atoms with van der Waals surface area (Å²) < 4.78 is 5.89. The van der Waals surface area contributed by atoms with Gasteiger partial charge in [-0.2, -0.15) is 0 Å². The van der Waals surface area contributed by atoms with Crippen LogP contribution in [0.4, 0.5) is 0 Å². The number of aryl methyl sites for hydroxylation is 1. The highest BCUT2D eigenvalue weighted by molar-refractivity contribution is 5.78. The average Bonchev–Trinajstić information content (AvgIpc) is 2.46. The molecule has 0 unspecified atom stereocenters. The summed E-state index contributed by atoms with van der Waals surface area (Å²) in [7, 11) is 0. The van der Waals surface area contributed by atoms with E-state index in [0.29, 0.717) is 0 Å². The van der Waals surface area contributed by atoms with Gasteiger partial charge in [0.15, 0.2) is 0 Å². The lowest BCUT2D eigenvalue weighted by Gasteiger charge is -2.47. The van der Waals surface area contributed by atoms with Gasteiger partial charge in [0.05, 0.1) is 17.3 Å². The number of hydrogen-bond acceptors (Lipinski definition) is 4. The Morgan fingerprint density at radius 3 is 2.86 bits per heavy atom. The quantitative estimate of drug-likeness (QED) is 0.890. The first kappa shape index (κ1) is 14.5. The number of carbonyl (C=O) groups is 1. The minimum absolute atomic E-state index is 0.000449. The third-order valence-corrected chi connectivity index (χ3v) is 4.69. The standard InChI is InChI=1S/C16H23N3O2/c1-12-4-3-5-14(17-12)10-19-8-6-16(7-9-19)13(2)18-15(20)11-21-16/h3-5,13H,6-11H2,1-2H3,(H,18,20)/t13-/m0/s1. The summed E-state index contributed by atoms with van der Waals surface area (Å²) in [6.07, 6.45) is 1.92. The van der Waals surface area contributed by atoms with Gasteiger partial charge in [0.1, 0.15) is 6.61 Å². The van der Waals surface area contributed by atoms with Crippen LogP contribution < -0.4 is 5.32 Å². The molecule has 114 valence electrons. The summed E-state index contributed by atoms with van der Waals surface area (Å²) in [5.74, 6) is -0.000449. The number of piperidine rings is 1. The Labute approximate surface area is 125 Å². The van der Waals surface area contributed by atoms with E-state index in [4.69, 9.17) is 4.74 Å². The van der Waals surface area contributed by atoms with Crippen molar-refractivity contribution in [1.82, 2.24) is 15.2 Å². The van der Waals surface area contributed by atoms with Gasteiger partial charge in [-0.25, -0.2) is 0 Å². The van der Waals surface area contributed by atoms with Crippen LogP contribution in [0.2, 0.25) is 0 Å². The molecule has 0 saturated carbocycles. The SMILES string of the molecule is Cc1cccc(CN2CCC3(CC2)OCC(=O)N[C@H]3C)n1. The largest absolute Gasteiger partial charge is 0.363 e. The molecule has 1 atom stereocenters. The number of carbonyl (C=O) groups excluding carboxylic acids is 1. The van der Waals surface area contributed by atoms with Gasteiger partial charge in [-0.15, -0.1) is 0 Å². The number of ether oxygens (including phenoxy) is 1. The molecule has 5 heteroatoms. The highest BCUT2D eigenvalue weighted by Crippen LogP contribution is 2.32. The lowest BCUT2D eigenvalue weighted by atomic mass is 9.83. The summed E-state index contributed by atoms with van der Waals surface area (Å²) in [6, 6.07) is 6.26. The maximum atomic E-state index is 11.4. The van der Waals surface area contributed by atoms with Gasteiger partial charge in [0.2, 0.25) is 5.91 Å². The Morgan fingerprint density at radius 1 is 1.43 bits per heavy atom. The van der Waals surface area contributed by atoms with Crippen molar-refractivity contribution < 1.29 is 9.53 Å². The summed E-state index contributed by atoms with van der Waals surface area (Å²) in [5.41, 5.74) is 2.01. The fraction of sp³-hybridized carbons (Fsp3) is 0.625. The molecule has 3 heterocycles. The van der Waals surface area contributed by atoms with Crippen LogP contribution in [0.25, 0.3) is 0 Å². The van der Waals surface area contributed by atoms with Crippen molar-refractivity contribution in [2.75, 3.05) is 19.7 Å². The maximum absolute atomic E-state index is 11.4. The zero-order valence-electron chi connectivity index (χ0n) is 12.8. The van der Waals surface area contributed by atoms with Crippen LogP contribution in [0.3, 0.4) is 0 Å². The zero-order valence-corrected chi connectivity index (χ0v) is 12.8. The Kier molecular flexibility index (Phi) is 3.95. The van der Waals surface area contributed by atoms with Crippen molar-refractivity contribution in [3.05, 3.63) is 29.6 Å². The molecule has 0 radical (unpaired) electrons. The second-order valence-corrected chi connectivity index (χ2v) is 6.19. The van der Waals surface area contributed by atoms with E-state index in [1.165, 1.54) is 0 Å². The molecule has 21 heavy (non-hydrogen) atoms. The Balaban J connectivity index is 1.59. The molecule has 5 nitrogen and oxygen atoms in total. The predicted molar refractivity (Wildman–Crippen MR) is 79.8 cm³/mol. The smallest absolute Gasteiger partial charge is 0.246 e. The number of morpholine rings is 1. The van der Waals surface area contributed by atoms with Gasteiger partial charge in [0, 0.05) is 25.3 Å². The number of hydrogen-bond donors (Lipinski definition) is 1. The number of aromatic nitrogens is 1. The van der Waals surface area contributed by atoms with Crippen molar-refractivity contribution in [2.45, 2.75) is 44.9 Å². The molecule has 1 spiro atoms. The molecule has 1 aromatic rings. The molecular formula is C16H23N3O2. The normalized spacial score (nSPS) is 25.8. The van der Waals surface area contributed by atoms with Gasteiger partial charge in [-0.3, -0.25) is 14.7 Å². The fourth-order valence-electron chi connectivity index (χ4n) is 3.33. The molecule has 0 aliphatic carbocycles. The number of rotatable bonds is 2. The van der Waals surface area contributed by atoms with Crippen molar-refractivity contribution in [1.29, 1.82) is 0 Å². The summed E-state index contributed by atoms with van der Waals surface area (Å²) in [5, 5.41) is 3.02. The first-order valence-corrected chi connectivity index (χ1v) is 7.66. The van der Waals surface area contributed by atoms with Crippen molar-refractivity contribution >= 4 is 5.91 Å². The van der Waals surface area contributed by atoms with E-state index < -0.39 is 0 Å². The lowest BCUT2D eigenvalue weighted by molar-refractivity contribution is -0.159. The molecule has 2 fully saturated rings. The number of pyridine rings is 1. The van der Waals surface area contributed by atoms with Gasteiger partial charge in [-0.1, -0.05) is 6.07 Å². The summed E-state index contributed by atoms with van der Waals surface area (Å²) in [6.45, 7) is 7.12. The number of likely N-dealkylation sites (tertiary alicyclic amines) is 1. The monoisotopic (exact) mass is 289 g/mol. The van der Waals surface area contributed by atoms with Crippen molar-refractivity contribution in [2.24, 2.45) is 0 Å². The van der Waals surface area contributed by atoms with Crippen LogP contribution in [0, 0.1) is 6.92 Å². The van der Waals surface area contributed by atoms with Crippen LogP contribution in [0.15, 0.2) is 18.2 Å². The third kappa shape index (κ3) is 3.09. The van der Waals surface area contributed by atoms with E-state index >= 15 is 0 Å². The van der Waals surface area contributed by atoms with Gasteiger partial charge in [0.25, 0.3) is 0 Å². The summed E-state index contributed by atoms with van der Waals surface area (Å²) >= 11 is 0. The summed E-state index contributed by atoms with van der Waals surface area (Å²) in [4.78, 5) is 18.4. The zero-order chi connectivity index (χ0) is 14.9. The van der Waals surface area contributed by atoms with E-state index in [1.807, 2.05) is 13.0 Å². The first-order valence-electron chi connectivity index (χ1n) is 7.66. The highest BCUT2D eigenvalue weighted by atomic mass is 16.5. The highest BCUT2D eigenvalue weighted by Gasteiger charge is 2.44. The number of nitrogens with zero attached hydrogens (tertiary/aromatic N) is 2. The van der Waals surface area contributed by atoms with Gasteiger partial charge in [-0.05, 0) is 38.8 Å². The number of amides is 1. The van der Waals surface area contributed by atoms with E-state index in [1.54, 1.807) is 0 Å². The average molecular weight is 289 g/mol.